The fraction of sp³-hybridized carbons (Fsp3) is 0.385. The number of pyridine rings is 1. The largest absolute Gasteiger partial charge is 0.481 e. The van der Waals surface area contributed by atoms with E-state index in [1.807, 2.05) is 19.1 Å². The van der Waals surface area contributed by atoms with E-state index in [9.17, 15) is 0 Å². The van der Waals surface area contributed by atoms with Crippen LogP contribution >= 0.6 is 0 Å². The van der Waals surface area contributed by atoms with Gasteiger partial charge in [-0.3, -0.25) is 0 Å². The third-order valence-electron chi connectivity index (χ3n) is 2.21. The zero-order chi connectivity index (χ0) is 13.2. The van der Waals surface area contributed by atoms with Gasteiger partial charge in [0.2, 0.25) is 5.88 Å². The highest BCUT2D eigenvalue weighted by atomic mass is 16.5. The van der Waals surface area contributed by atoms with Gasteiger partial charge in [0.05, 0.1) is 13.7 Å². The molecule has 0 amide bonds. The maximum absolute atomic E-state index is 5.18. The topological polar surface area (TPSA) is 58.5 Å². The molecule has 5 nitrogen and oxygen atoms in total. The molecule has 18 heavy (non-hydrogen) atoms. The van der Waals surface area contributed by atoms with Gasteiger partial charge in [0.1, 0.15) is 0 Å². The summed E-state index contributed by atoms with van der Waals surface area (Å²) in [6.45, 7) is 7.69. The van der Waals surface area contributed by atoms with Crippen molar-refractivity contribution in [3.63, 3.8) is 0 Å². The van der Waals surface area contributed by atoms with Crippen molar-refractivity contribution in [2.75, 3.05) is 20.2 Å². The zero-order valence-corrected chi connectivity index (χ0v) is 10.9. The summed E-state index contributed by atoms with van der Waals surface area (Å²) in [6.07, 6.45) is 3.49. The minimum atomic E-state index is 0.517. The van der Waals surface area contributed by atoms with Crippen LogP contribution in [0.2, 0.25) is 0 Å². The van der Waals surface area contributed by atoms with Gasteiger partial charge in [0.25, 0.3) is 0 Å². The van der Waals surface area contributed by atoms with Gasteiger partial charge in [-0.05, 0) is 13.0 Å². The average molecular weight is 248 g/mol. The molecule has 1 aromatic heterocycles. The van der Waals surface area contributed by atoms with E-state index in [1.165, 1.54) is 0 Å². The molecule has 5 heteroatoms. The lowest BCUT2D eigenvalue weighted by Gasteiger charge is -2.10. The molecule has 0 saturated carbocycles. The van der Waals surface area contributed by atoms with Gasteiger partial charge in [-0.25, -0.2) is 9.98 Å². The molecule has 1 heterocycles. The second-order valence-corrected chi connectivity index (χ2v) is 3.54. The quantitative estimate of drug-likeness (QED) is 0.453. The number of guanidine groups is 1. The van der Waals surface area contributed by atoms with Crippen molar-refractivity contribution < 1.29 is 4.74 Å². The highest BCUT2D eigenvalue weighted by Gasteiger charge is 2.02. The van der Waals surface area contributed by atoms with Crippen LogP contribution in [-0.4, -0.2) is 31.1 Å². The molecule has 0 saturated heterocycles. The van der Waals surface area contributed by atoms with Crippen molar-refractivity contribution in [1.29, 1.82) is 0 Å². The first-order chi connectivity index (χ1) is 8.81. The molecule has 0 bridgehead atoms. The van der Waals surface area contributed by atoms with Crippen molar-refractivity contribution in [2.45, 2.75) is 13.5 Å². The molecule has 98 valence electrons. The molecule has 1 aromatic rings. The second-order valence-electron chi connectivity index (χ2n) is 3.54. The smallest absolute Gasteiger partial charge is 0.218 e. The third kappa shape index (κ3) is 4.45. The van der Waals surface area contributed by atoms with Crippen LogP contribution in [-0.2, 0) is 6.54 Å². The molecule has 2 N–H and O–H groups in total. The number of aromatic nitrogens is 1. The third-order valence-corrected chi connectivity index (χ3v) is 2.21. The van der Waals surface area contributed by atoms with Crippen molar-refractivity contribution in [3.05, 3.63) is 36.5 Å². The fourth-order valence-corrected chi connectivity index (χ4v) is 1.40. The standard InChI is InChI=1S/C13H20N4O/c1-4-8-16-13(14-5-2)17-10-11-7-6-9-15-12(11)18-3/h4,6-7,9H,1,5,8,10H2,2-3H3,(H2,14,16,17). The van der Waals surface area contributed by atoms with Gasteiger partial charge >= 0.3 is 0 Å². The number of nitrogens with zero attached hydrogens (tertiary/aromatic N) is 2. The highest BCUT2D eigenvalue weighted by Crippen LogP contribution is 2.14. The summed E-state index contributed by atoms with van der Waals surface area (Å²) >= 11 is 0. The van der Waals surface area contributed by atoms with E-state index in [4.69, 9.17) is 4.74 Å². The van der Waals surface area contributed by atoms with Gasteiger partial charge in [-0.15, -0.1) is 6.58 Å². The maximum Gasteiger partial charge on any atom is 0.218 e. The minimum absolute atomic E-state index is 0.517. The number of aliphatic imine (C=N–C) groups is 1. The van der Waals surface area contributed by atoms with Crippen LogP contribution in [0.1, 0.15) is 12.5 Å². The number of hydrogen-bond acceptors (Lipinski definition) is 3. The molecule has 0 atom stereocenters. The molecule has 0 fully saturated rings. The summed E-state index contributed by atoms with van der Waals surface area (Å²) in [4.78, 5) is 8.59. The molecule has 0 aliphatic carbocycles. The molecule has 1 rings (SSSR count). The molecule has 0 radical (unpaired) electrons. The number of rotatable bonds is 6. The van der Waals surface area contributed by atoms with E-state index in [2.05, 4.69) is 27.2 Å². The summed E-state index contributed by atoms with van der Waals surface area (Å²) in [5.74, 6) is 1.36. The Bertz CT molecular complexity index is 404. The summed E-state index contributed by atoms with van der Waals surface area (Å²) in [5, 5.41) is 6.29. The minimum Gasteiger partial charge on any atom is -0.481 e. The van der Waals surface area contributed by atoms with Gasteiger partial charge in [0, 0.05) is 24.8 Å². The van der Waals surface area contributed by atoms with E-state index < -0.39 is 0 Å². The Morgan fingerprint density at radius 1 is 1.56 bits per heavy atom. The lowest BCUT2D eigenvalue weighted by Crippen LogP contribution is -2.37. The monoisotopic (exact) mass is 248 g/mol. The van der Waals surface area contributed by atoms with Crippen molar-refractivity contribution in [3.8, 4) is 5.88 Å². The number of methoxy groups -OCH3 is 1. The molecule has 0 aliphatic rings. The van der Waals surface area contributed by atoms with Crippen LogP contribution in [0, 0.1) is 0 Å². The Morgan fingerprint density at radius 3 is 3.06 bits per heavy atom. The first kappa shape index (κ1) is 14.0. The zero-order valence-electron chi connectivity index (χ0n) is 10.9. The van der Waals surface area contributed by atoms with Crippen molar-refractivity contribution >= 4 is 5.96 Å². The number of hydrogen-bond donors (Lipinski definition) is 2. The Balaban J connectivity index is 2.70. The maximum atomic E-state index is 5.18. The number of ether oxygens (including phenoxy) is 1. The Hall–Kier alpha value is -2.04. The Kier molecular flexibility index (Phi) is 6.32. The molecular weight excluding hydrogens is 228 g/mol. The summed E-state index contributed by atoms with van der Waals surface area (Å²) in [6, 6.07) is 3.82. The average Bonchev–Trinajstić information content (AvgIpc) is 2.42. The summed E-state index contributed by atoms with van der Waals surface area (Å²) in [7, 11) is 1.61. The van der Waals surface area contributed by atoms with Crippen molar-refractivity contribution in [2.24, 2.45) is 4.99 Å². The molecule has 0 unspecified atom stereocenters. The predicted molar refractivity (Wildman–Crippen MR) is 73.8 cm³/mol. The van der Waals surface area contributed by atoms with Gasteiger partial charge < -0.3 is 15.4 Å². The van der Waals surface area contributed by atoms with Crippen molar-refractivity contribution in [1.82, 2.24) is 15.6 Å². The van der Waals surface area contributed by atoms with E-state index in [1.54, 1.807) is 19.4 Å². The van der Waals surface area contributed by atoms with Gasteiger partial charge in [-0.1, -0.05) is 12.1 Å². The Morgan fingerprint density at radius 2 is 2.39 bits per heavy atom. The van der Waals surface area contributed by atoms with E-state index in [0.29, 0.717) is 19.0 Å². The lowest BCUT2D eigenvalue weighted by atomic mass is 10.3. The van der Waals surface area contributed by atoms with Crippen LogP contribution in [0.15, 0.2) is 36.0 Å². The van der Waals surface area contributed by atoms with E-state index in [0.717, 1.165) is 18.1 Å². The normalized spacial score (nSPS) is 10.9. The van der Waals surface area contributed by atoms with E-state index >= 15 is 0 Å². The first-order valence-corrected chi connectivity index (χ1v) is 5.92. The fourth-order valence-electron chi connectivity index (χ4n) is 1.40. The van der Waals surface area contributed by atoms with Crippen LogP contribution < -0.4 is 15.4 Å². The SMILES string of the molecule is C=CCNC(=NCc1cccnc1OC)NCC. The van der Waals surface area contributed by atoms with Crippen LogP contribution in [0.25, 0.3) is 0 Å². The summed E-state index contributed by atoms with van der Waals surface area (Å²) < 4.78 is 5.18. The second kappa shape index (κ2) is 8.11. The molecule has 0 spiro atoms. The van der Waals surface area contributed by atoms with Gasteiger partial charge in [0.15, 0.2) is 5.96 Å². The summed E-state index contributed by atoms with van der Waals surface area (Å²) in [5.41, 5.74) is 0.954. The van der Waals surface area contributed by atoms with Gasteiger partial charge in [-0.2, -0.15) is 0 Å². The molecule has 0 aliphatic heterocycles. The predicted octanol–water partition coefficient (Wildman–Crippen LogP) is 1.33. The van der Waals surface area contributed by atoms with Crippen LogP contribution in [0.5, 0.6) is 5.88 Å². The van der Waals surface area contributed by atoms with Crippen LogP contribution in [0.3, 0.4) is 0 Å². The highest BCUT2D eigenvalue weighted by molar-refractivity contribution is 5.79. The Labute approximate surface area is 108 Å². The number of nitrogens with one attached hydrogen (secondary N) is 2. The first-order valence-electron chi connectivity index (χ1n) is 5.92. The molecule has 0 aromatic carbocycles. The van der Waals surface area contributed by atoms with E-state index in [-0.39, 0.29) is 0 Å². The van der Waals surface area contributed by atoms with Crippen LogP contribution in [0.4, 0.5) is 0 Å². The molecular formula is C13H20N4O. The lowest BCUT2D eigenvalue weighted by molar-refractivity contribution is 0.392.